The largest absolute Gasteiger partial charge is 0.456 e. The lowest BCUT2D eigenvalue weighted by molar-refractivity contribution is 0.0925. The minimum Gasteiger partial charge on any atom is -0.456 e. The van der Waals surface area contributed by atoms with Gasteiger partial charge in [-0.25, -0.2) is 4.90 Å². The van der Waals surface area contributed by atoms with E-state index in [-0.39, 0.29) is 33.3 Å². The Bertz CT molecular complexity index is 1290. The number of carbonyl (C=O) groups excluding carboxylic acids is 2. The van der Waals surface area contributed by atoms with Crippen molar-refractivity contribution in [2.24, 2.45) is 0 Å². The van der Waals surface area contributed by atoms with Crippen LogP contribution in [0.5, 0.6) is 11.5 Å². The predicted molar refractivity (Wildman–Crippen MR) is 110 cm³/mol. The molecular formula is C20H11Cl2NO6S. The van der Waals surface area contributed by atoms with Crippen molar-refractivity contribution in [2.45, 2.75) is 4.90 Å². The quantitative estimate of drug-likeness (QED) is 0.439. The first-order valence-electron chi connectivity index (χ1n) is 8.39. The molecule has 1 heterocycles. The number of hydrogen-bond acceptors (Lipinski definition) is 5. The van der Waals surface area contributed by atoms with Crippen molar-refractivity contribution in [3.63, 3.8) is 0 Å². The van der Waals surface area contributed by atoms with Crippen LogP contribution in [0.4, 0.5) is 5.69 Å². The molecule has 1 aliphatic rings. The van der Waals surface area contributed by atoms with Crippen molar-refractivity contribution in [1.82, 2.24) is 0 Å². The highest BCUT2D eigenvalue weighted by Gasteiger charge is 2.39. The van der Waals surface area contributed by atoms with Crippen LogP contribution in [-0.2, 0) is 10.1 Å². The lowest BCUT2D eigenvalue weighted by Gasteiger charge is -2.18. The third-order valence-corrected chi connectivity index (χ3v) is 5.78. The Hall–Kier alpha value is -2.91. The lowest BCUT2D eigenvalue weighted by atomic mass is 10.1. The molecule has 0 spiro atoms. The summed E-state index contributed by atoms with van der Waals surface area (Å²) in [5.74, 6) is -1.20. The molecular weight excluding hydrogens is 453 g/mol. The van der Waals surface area contributed by atoms with E-state index in [0.717, 1.165) is 6.07 Å². The number of rotatable bonds is 4. The highest BCUT2D eigenvalue weighted by atomic mass is 35.5. The highest BCUT2D eigenvalue weighted by molar-refractivity contribution is 7.86. The summed E-state index contributed by atoms with van der Waals surface area (Å²) in [6.07, 6.45) is 0. The van der Waals surface area contributed by atoms with Crippen LogP contribution in [0.15, 0.2) is 65.6 Å². The summed E-state index contributed by atoms with van der Waals surface area (Å²) in [7, 11) is -4.82. The molecule has 7 nitrogen and oxygen atoms in total. The van der Waals surface area contributed by atoms with E-state index in [1.54, 1.807) is 12.1 Å². The zero-order chi connectivity index (χ0) is 21.6. The average molecular weight is 464 g/mol. The van der Waals surface area contributed by atoms with Crippen molar-refractivity contribution in [3.8, 4) is 11.5 Å². The first-order valence-corrected chi connectivity index (χ1v) is 10.6. The fourth-order valence-corrected chi connectivity index (χ4v) is 4.18. The van der Waals surface area contributed by atoms with E-state index in [1.165, 1.54) is 42.5 Å². The van der Waals surface area contributed by atoms with E-state index in [4.69, 9.17) is 27.9 Å². The summed E-state index contributed by atoms with van der Waals surface area (Å²) in [5, 5.41) is 0.562. The molecule has 4 rings (SSSR count). The molecule has 0 radical (unpaired) electrons. The maximum atomic E-state index is 12.7. The van der Waals surface area contributed by atoms with Gasteiger partial charge in [0.2, 0.25) is 0 Å². The van der Waals surface area contributed by atoms with Crippen LogP contribution in [0.3, 0.4) is 0 Å². The molecule has 152 valence electrons. The van der Waals surface area contributed by atoms with E-state index < -0.39 is 26.8 Å². The summed E-state index contributed by atoms with van der Waals surface area (Å²) in [5.41, 5.74) is -0.0210. The molecule has 1 aliphatic heterocycles. The Kier molecular flexibility index (Phi) is 5.03. The van der Waals surface area contributed by atoms with Crippen LogP contribution in [0.1, 0.15) is 20.7 Å². The number of fused-ring (bicyclic) bond motifs is 1. The Labute approximate surface area is 181 Å². The van der Waals surface area contributed by atoms with Gasteiger partial charge in [0.25, 0.3) is 21.9 Å². The summed E-state index contributed by atoms with van der Waals surface area (Å²) in [4.78, 5) is 25.4. The van der Waals surface area contributed by atoms with Crippen LogP contribution in [-0.4, -0.2) is 24.8 Å². The molecule has 0 aliphatic carbocycles. The van der Waals surface area contributed by atoms with Gasteiger partial charge in [-0.3, -0.25) is 14.1 Å². The number of halogens is 2. The summed E-state index contributed by atoms with van der Waals surface area (Å²) in [6.45, 7) is 0. The first kappa shape index (κ1) is 20.4. The fraction of sp³-hybridized carbons (Fsp3) is 0. The second-order valence-corrected chi connectivity index (χ2v) is 8.51. The van der Waals surface area contributed by atoms with Gasteiger partial charge in [-0.15, -0.1) is 0 Å². The van der Waals surface area contributed by atoms with E-state index in [1.807, 2.05) is 0 Å². The maximum Gasteiger partial charge on any atom is 0.296 e. The molecule has 3 aromatic carbocycles. The van der Waals surface area contributed by atoms with E-state index >= 15 is 0 Å². The minimum absolute atomic E-state index is 0.00667. The number of amides is 2. The maximum absolute atomic E-state index is 12.7. The molecule has 10 heteroatoms. The van der Waals surface area contributed by atoms with Gasteiger partial charge in [0.15, 0.2) is 0 Å². The van der Waals surface area contributed by atoms with Crippen molar-refractivity contribution in [1.29, 1.82) is 0 Å². The van der Waals surface area contributed by atoms with Gasteiger partial charge in [-0.2, -0.15) is 8.42 Å². The standard InChI is InChI=1S/C20H11Cl2NO6S/c21-11-5-8-17(15(22)9-11)29-12-6-7-16(18(10-12)30(26,27)28)23-19(24)13-3-1-2-4-14(13)20(23)25/h1-10H,(H,26,27,28). The van der Waals surface area contributed by atoms with E-state index in [2.05, 4.69) is 0 Å². The SMILES string of the molecule is O=C1c2ccccc2C(=O)N1c1ccc(Oc2ccc(Cl)cc2Cl)cc1S(=O)(=O)O. The van der Waals surface area contributed by atoms with Gasteiger partial charge in [0, 0.05) is 11.1 Å². The molecule has 0 unspecified atom stereocenters. The zero-order valence-corrected chi connectivity index (χ0v) is 17.2. The van der Waals surface area contributed by atoms with Crippen LogP contribution < -0.4 is 9.64 Å². The predicted octanol–water partition coefficient (Wildman–Crippen LogP) is 4.83. The number of carbonyl (C=O) groups is 2. The molecule has 1 N–H and O–H groups in total. The molecule has 0 saturated carbocycles. The van der Waals surface area contributed by atoms with Crippen molar-refractivity contribution in [2.75, 3.05) is 4.90 Å². The van der Waals surface area contributed by atoms with Crippen LogP contribution in [0.2, 0.25) is 10.0 Å². The third-order valence-electron chi connectivity index (χ3n) is 4.37. The zero-order valence-electron chi connectivity index (χ0n) is 14.9. The second-order valence-electron chi connectivity index (χ2n) is 6.27. The molecule has 0 bridgehead atoms. The molecule has 2 amide bonds. The summed E-state index contributed by atoms with van der Waals surface area (Å²) in [6, 6.07) is 14.1. The van der Waals surface area contributed by atoms with Gasteiger partial charge in [-0.1, -0.05) is 35.3 Å². The number of benzene rings is 3. The summed E-state index contributed by atoms with van der Waals surface area (Å²) < 4.78 is 39.3. The van der Waals surface area contributed by atoms with E-state index in [0.29, 0.717) is 9.92 Å². The Morgan fingerprint density at radius 2 is 1.50 bits per heavy atom. The molecule has 0 fully saturated rings. The van der Waals surface area contributed by atoms with Crippen LogP contribution >= 0.6 is 23.2 Å². The highest BCUT2D eigenvalue weighted by Crippen LogP contribution is 2.37. The molecule has 0 aromatic heterocycles. The monoisotopic (exact) mass is 463 g/mol. The van der Waals surface area contributed by atoms with Gasteiger partial charge in [-0.05, 0) is 42.5 Å². The van der Waals surface area contributed by atoms with Gasteiger partial charge >= 0.3 is 0 Å². The number of anilines is 1. The molecule has 3 aromatic rings. The van der Waals surface area contributed by atoms with Crippen LogP contribution in [0, 0.1) is 0 Å². The van der Waals surface area contributed by atoms with Crippen molar-refractivity contribution >= 4 is 50.8 Å². The molecule has 0 saturated heterocycles. The summed E-state index contributed by atoms with van der Waals surface area (Å²) >= 11 is 11.9. The van der Waals surface area contributed by atoms with Gasteiger partial charge in [0.1, 0.15) is 16.4 Å². The third kappa shape index (κ3) is 3.54. The van der Waals surface area contributed by atoms with Gasteiger partial charge < -0.3 is 4.74 Å². The van der Waals surface area contributed by atoms with Gasteiger partial charge in [0.05, 0.1) is 21.8 Å². The topological polar surface area (TPSA) is 101 Å². The minimum atomic E-state index is -4.82. The smallest absolute Gasteiger partial charge is 0.296 e. The van der Waals surface area contributed by atoms with Crippen LogP contribution in [0.25, 0.3) is 0 Å². The average Bonchev–Trinajstić information content (AvgIpc) is 2.94. The molecule has 0 atom stereocenters. The first-order chi connectivity index (χ1) is 14.2. The normalized spacial score (nSPS) is 13.5. The van der Waals surface area contributed by atoms with E-state index in [9.17, 15) is 22.6 Å². The Morgan fingerprint density at radius 1 is 0.867 bits per heavy atom. The number of hydrogen-bond donors (Lipinski definition) is 1. The second kappa shape index (κ2) is 7.41. The number of imide groups is 1. The number of ether oxygens (including phenoxy) is 1. The fourth-order valence-electron chi connectivity index (χ4n) is 3.04. The Balaban J connectivity index is 1.79. The van der Waals surface area contributed by atoms with Crippen molar-refractivity contribution in [3.05, 3.63) is 81.8 Å². The molecule has 30 heavy (non-hydrogen) atoms. The number of nitrogens with zero attached hydrogens (tertiary/aromatic N) is 1. The lowest BCUT2D eigenvalue weighted by Crippen LogP contribution is -2.30. The Morgan fingerprint density at radius 3 is 2.07 bits per heavy atom. The van der Waals surface area contributed by atoms with Crippen molar-refractivity contribution < 1.29 is 27.3 Å².